The maximum atomic E-state index is 11.9. The van der Waals surface area contributed by atoms with E-state index in [0.717, 1.165) is 6.42 Å². The zero-order valence-electron chi connectivity index (χ0n) is 12.8. The van der Waals surface area contributed by atoms with Crippen LogP contribution in [0, 0.1) is 0 Å². The lowest BCUT2D eigenvalue weighted by Crippen LogP contribution is -2.20. The fourth-order valence-corrected chi connectivity index (χ4v) is 1.98. The van der Waals surface area contributed by atoms with Crippen LogP contribution in [0.2, 0.25) is 0 Å². The molecular formula is C17H20N2O3. The number of ether oxygens (including phenoxy) is 2. The average Bonchev–Trinajstić information content (AvgIpc) is 2.53. The van der Waals surface area contributed by atoms with Crippen molar-refractivity contribution in [1.82, 2.24) is 0 Å². The van der Waals surface area contributed by atoms with Gasteiger partial charge in [0.2, 0.25) is 0 Å². The van der Waals surface area contributed by atoms with Gasteiger partial charge in [-0.3, -0.25) is 4.79 Å². The highest BCUT2D eigenvalue weighted by atomic mass is 16.5. The van der Waals surface area contributed by atoms with Crippen LogP contribution >= 0.6 is 0 Å². The molecule has 0 aliphatic heterocycles. The van der Waals surface area contributed by atoms with Gasteiger partial charge in [-0.05, 0) is 42.3 Å². The van der Waals surface area contributed by atoms with Crippen LogP contribution in [0.5, 0.6) is 11.5 Å². The summed E-state index contributed by atoms with van der Waals surface area (Å²) < 4.78 is 10.5. The molecule has 5 nitrogen and oxygen atoms in total. The summed E-state index contributed by atoms with van der Waals surface area (Å²) in [6, 6.07) is 12.8. The lowest BCUT2D eigenvalue weighted by Gasteiger charge is -2.10. The Morgan fingerprint density at radius 1 is 1.18 bits per heavy atom. The summed E-state index contributed by atoms with van der Waals surface area (Å²) in [6.45, 7) is 2.03. The second kappa shape index (κ2) is 7.36. The molecule has 5 heteroatoms. The fraction of sp³-hybridized carbons (Fsp3) is 0.235. The summed E-state index contributed by atoms with van der Waals surface area (Å²) in [5.74, 6) is 0.996. The molecule has 0 aromatic heterocycles. The lowest BCUT2D eigenvalue weighted by atomic mass is 10.2. The molecule has 0 aliphatic rings. The third kappa shape index (κ3) is 4.15. The number of anilines is 2. The molecule has 0 bridgehead atoms. The Balaban J connectivity index is 1.88. The Hall–Kier alpha value is -2.69. The van der Waals surface area contributed by atoms with Crippen molar-refractivity contribution in [2.75, 3.05) is 24.8 Å². The number of nitrogens with two attached hydrogens (primary N) is 1. The van der Waals surface area contributed by atoms with E-state index in [2.05, 4.69) is 12.2 Å². The van der Waals surface area contributed by atoms with Gasteiger partial charge < -0.3 is 20.5 Å². The molecule has 2 aromatic rings. The van der Waals surface area contributed by atoms with Crippen molar-refractivity contribution >= 4 is 17.3 Å². The van der Waals surface area contributed by atoms with Gasteiger partial charge in [0.25, 0.3) is 5.91 Å². The predicted octanol–water partition coefficient (Wildman–Crippen LogP) is 2.86. The summed E-state index contributed by atoms with van der Waals surface area (Å²) in [4.78, 5) is 11.9. The molecule has 3 N–H and O–H groups in total. The Bertz CT molecular complexity index is 639. The van der Waals surface area contributed by atoms with Gasteiger partial charge in [-0.1, -0.05) is 19.1 Å². The van der Waals surface area contributed by atoms with E-state index in [9.17, 15) is 4.79 Å². The van der Waals surface area contributed by atoms with Crippen LogP contribution in [-0.4, -0.2) is 19.6 Å². The Labute approximate surface area is 130 Å². The maximum Gasteiger partial charge on any atom is 0.262 e. The molecule has 2 rings (SSSR count). The molecule has 0 unspecified atom stereocenters. The number of methoxy groups -OCH3 is 1. The van der Waals surface area contributed by atoms with Crippen LogP contribution < -0.4 is 20.5 Å². The third-order valence-electron chi connectivity index (χ3n) is 3.21. The molecule has 22 heavy (non-hydrogen) atoms. The molecule has 2 aromatic carbocycles. The smallest absolute Gasteiger partial charge is 0.262 e. The van der Waals surface area contributed by atoms with Crippen molar-refractivity contribution in [1.29, 1.82) is 0 Å². The van der Waals surface area contributed by atoms with Gasteiger partial charge in [0.05, 0.1) is 12.8 Å². The normalized spacial score (nSPS) is 10.1. The van der Waals surface area contributed by atoms with Gasteiger partial charge in [-0.15, -0.1) is 0 Å². The van der Waals surface area contributed by atoms with E-state index in [1.807, 2.05) is 24.3 Å². The van der Waals surface area contributed by atoms with Crippen molar-refractivity contribution in [2.24, 2.45) is 0 Å². The number of rotatable bonds is 6. The van der Waals surface area contributed by atoms with E-state index in [-0.39, 0.29) is 12.5 Å². The van der Waals surface area contributed by atoms with E-state index in [1.54, 1.807) is 25.3 Å². The standard InChI is InChI=1S/C17H20N2O3/c1-3-12-4-7-14(8-5-12)22-11-17(20)19-13-6-9-16(21-2)15(18)10-13/h4-10H,3,11,18H2,1-2H3,(H,19,20). The summed E-state index contributed by atoms with van der Waals surface area (Å²) in [5.41, 5.74) is 8.09. The molecule has 1 amide bonds. The van der Waals surface area contributed by atoms with Crippen molar-refractivity contribution in [2.45, 2.75) is 13.3 Å². The van der Waals surface area contributed by atoms with Crippen LogP contribution in [-0.2, 0) is 11.2 Å². The van der Waals surface area contributed by atoms with Crippen molar-refractivity contribution in [3.8, 4) is 11.5 Å². The number of hydrogen-bond donors (Lipinski definition) is 2. The van der Waals surface area contributed by atoms with Crippen LogP contribution in [0.4, 0.5) is 11.4 Å². The number of aryl methyl sites for hydroxylation is 1. The van der Waals surface area contributed by atoms with Crippen molar-refractivity contribution in [3.63, 3.8) is 0 Å². The van der Waals surface area contributed by atoms with E-state index in [4.69, 9.17) is 15.2 Å². The fourth-order valence-electron chi connectivity index (χ4n) is 1.98. The topological polar surface area (TPSA) is 73.6 Å². The van der Waals surface area contributed by atoms with Gasteiger partial charge in [-0.25, -0.2) is 0 Å². The number of hydrogen-bond acceptors (Lipinski definition) is 4. The third-order valence-corrected chi connectivity index (χ3v) is 3.21. The minimum absolute atomic E-state index is 0.0581. The zero-order chi connectivity index (χ0) is 15.9. The lowest BCUT2D eigenvalue weighted by molar-refractivity contribution is -0.118. The molecule has 0 heterocycles. The van der Waals surface area contributed by atoms with E-state index in [1.165, 1.54) is 5.56 Å². The summed E-state index contributed by atoms with van der Waals surface area (Å²) in [7, 11) is 1.54. The second-order valence-electron chi connectivity index (χ2n) is 4.79. The number of benzene rings is 2. The quantitative estimate of drug-likeness (QED) is 0.805. The van der Waals surface area contributed by atoms with Crippen LogP contribution in [0.15, 0.2) is 42.5 Å². The SMILES string of the molecule is CCc1ccc(OCC(=O)Nc2ccc(OC)c(N)c2)cc1. The number of carbonyl (C=O) groups is 1. The first-order chi connectivity index (χ1) is 10.6. The monoisotopic (exact) mass is 300 g/mol. The largest absolute Gasteiger partial charge is 0.495 e. The van der Waals surface area contributed by atoms with Crippen molar-refractivity contribution in [3.05, 3.63) is 48.0 Å². The molecule has 0 spiro atoms. The van der Waals surface area contributed by atoms with Crippen LogP contribution in [0.25, 0.3) is 0 Å². The van der Waals surface area contributed by atoms with Gasteiger partial charge in [0, 0.05) is 5.69 Å². The predicted molar refractivity (Wildman–Crippen MR) is 87.4 cm³/mol. The zero-order valence-corrected chi connectivity index (χ0v) is 12.8. The highest BCUT2D eigenvalue weighted by Crippen LogP contribution is 2.24. The molecule has 0 fully saturated rings. The number of carbonyl (C=O) groups excluding carboxylic acids is 1. The van der Waals surface area contributed by atoms with Crippen LogP contribution in [0.1, 0.15) is 12.5 Å². The number of amides is 1. The first-order valence-electron chi connectivity index (χ1n) is 7.07. The number of nitrogens with one attached hydrogen (secondary N) is 1. The molecule has 0 radical (unpaired) electrons. The van der Waals surface area contributed by atoms with Crippen LogP contribution in [0.3, 0.4) is 0 Å². The number of nitrogen functional groups attached to an aromatic ring is 1. The van der Waals surface area contributed by atoms with Gasteiger partial charge in [0.15, 0.2) is 6.61 Å². The summed E-state index contributed by atoms with van der Waals surface area (Å²) in [6.07, 6.45) is 0.972. The molecule has 0 saturated heterocycles. The second-order valence-corrected chi connectivity index (χ2v) is 4.79. The van der Waals surface area contributed by atoms with Crippen molar-refractivity contribution < 1.29 is 14.3 Å². The summed E-state index contributed by atoms with van der Waals surface area (Å²) >= 11 is 0. The molecule has 0 saturated carbocycles. The first-order valence-corrected chi connectivity index (χ1v) is 7.07. The van der Waals surface area contributed by atoms with Gasteiger partial charge in [0.1, 0.15) is 11.5 Å². The van der Waals surface area contributed by atoms with E-state index >= 15 is 0 Å². The van der Waals surface area contributed by atoms with E-state index in [0.29, 0.717) is 22.9 Å². The Morgan fingerprint density at radius 3 is 2.50 bits per heavy atom. The Kier molecular flexibility index (Phi) is 5.25. The minimum Gasteiger partial charge on any atom is -0.495 e. The molecule has 0 aliphatic carbocycles. The highest BCUT2D eigenvalue weighted by Gasteiger charge is 2.06. The molecular weight excluding hydrogens is 280 g/mol. The average molecular weight is 300 g/mol. The maximum absolute atomic E-state index is 11.9. The highest BCUT2D eigenvalue weighted by molar-refractivity contribution is 5.92. The van der Waals surface area contributed by atoms with Gasteiger partial charge in [-0.2, -0.15) is 0 Å². The van der Waals surface area contributed by atoms with Gasteiger partial charge >= 0.3 is 0 Å². The Morgan fingerprint density at radius 2 is 1.91 bits per heavy atom. The van der Waals surface area contributed by atoms with E-state index < -0.39 is 0 Å². The first kappa shape index (κ1) is 15.7. The molecule has 0 atom stereocenters. The minimum atomic E-state index is -0.246. The summed E-state index contributed by atoms with van der Waals surface area (Å²) in [5, 5.41) is 2.73. The molecule has 116 valence electrons.